The van der Waals surface area contributed by atoms with E-state index >= 15 is 0 Å². The Kier molecular flexibility index (Phi) is 1.48. The number of nitrogens with zero attached hydrogens (tertiary/aromatic N) is 2. The first-order chi connectivity index (χ1) is 4.33. The molecule has 0 atom stereocenters. The zero-order valence-electron chi connectivity index (χ0n) is 5.13. The van der Waals surface area contributed by atoms with Crippen LogP contribution in [0.1, 0.15) is 0 Å². The lowest BCUT2D eigenvalue weighted by molar-refractivity contribution is 1.04. The Labute approximate surface area is 53.1 Å². The van der Waals surface area contributed by atoms with Crippen molar-refractivity contribution in [2.75, 3.05) is 18.1 Å². The number of hydrogen-bond acceptors (Lipinski definition) is 4. The van der Waals surface area contributed by atoms with Gasteiger partial charge in [0.25, 0.3) is 0 Å². The molecule has 0 aliphatic heterocycles. The summed E-state index contributed by atoms with van der Waals surface area (Å²) in [5.74, 6) is 0.432. The second kappa shape index (κ2) is 2.30. The van der Waals surface area contributed by atoms with Gasteiger partial charge in [0, 0.05) is 13.1 Å². The van der Waals surface area contributed by atoms with Gasteiger partial charge in [-0.3, -0.25) is 0 Å². The number of nitrogens with one attached hydrogen (secondary N) is 1. The largest absolute Gasteiger partial charge is 0.387 e. The van der Waals surface area contributed by atoms with Crippen LogP contribution < -0.4 is 11.1 Å². The van der Waals surface area contributed by atoms with Crippen LogP contribution in [0.2, 0.25) is 0 Å². The average molecular weight is 124 g/mol. The minimum absolute atomic E-state index is 0.432. The second-order valence-electron chi connectivity index (χ2n) is 1.62. The smallest absolute Gasteiger partial charge is 0.148 e. The van der Waals surface area contributed by atoms with Crippen LogP contribution in [-0.4, -0.2) is 17.2 Å². The van der Waals surface area contributed by atoms with Crippen molar-refractivity contribution in [2.24, 2.45) is 0 Å². The second-order valence-corrected chi connectivity index (χ2v) is 1.62. The van der Waals surface area contributed by atoms with Crippen LogP contribution in [0.25, 0.3) is 0 Å². The van der Waals surface area contributed by atoms with Gasteiger partial charge in [-0.15, -0.1) is 5.10 Å². The fourth-order valence-corrected chi connectivity index (χ4v) is 0.520. The van der Waals surface area contributed by atoms with E-state index in [-0.39, 0.29) is 0 Å². The van der Waals surface area contributed by atoms with Gasteiger partial charge in [0.05, 0.1) is 11.9 Å². The van der Waals surface area contributed by atoms with Crippen molar-refractivity contribution in [3.8, 4) is 0 Å². The summed E-state index contributed by atoms with van der Waals surface area (Å²) in [6.07, 6.45) is 1.61. The van der Waals surface area contributed by atoms with Crippen molar-refractivity contribution < 1.29 is 0 Å². The molecule has 9 heavy (non-hydrogen) atoms. The summed E-state index contributed by atoms with van der Waals surface area (Å²) in [7, 11) is 1.80. The molecule has 0 spiro atoms. The summed E-state index contributed by atoms with van der Waals surface area (Å²) < 4.78 is 0. The van der Waals surface area contributed by atoms with Gasteiger partial charge in [-0.2, -0.15) is 5.10 Å². The van der Waals surface area contributed by atoms with Crippen LogP contribution in [0.15, 0.2) is 12.3 Å². The maximum Gasteiger partial charge on any atom is 0.148 e. The first kappa shape index (κ1) is 5.81. The van der Waals surface area contributed by atoms with Gasteiger partial charge in [-0.1, -0.05) is 0 Å². The highest BCUT2D eigenvalue weighted by molar-refractivity contribution is 5.46. The zero-order chi connectivity index (χ0) is 6.69. The van der Waals surface area contributed by atoms with E-state index in [0.717, 1.165) is 5.69 Å². The van der Waals surface area contributed by atoms with Gasteiger partial charge in [0.2, 0.25) is 0 Å². The van der Waals surface area contributed by atoms with Crippen molar-refractivity contribution in [1.29, 1.82) is 0 Å². The molecule has 0 fully saturated rings. The van der Waals surface area contributed by atoms with Gasteiger partial charge in [0.15, 0.2) is 0 Å². The molecular weight excluding hydrogens is 116 g/mol. The van der Waals surface area contributed by atoms with E-state index in [1.165, 1.54) is 0 Å². The molecule has 0 aromatic carbocycles. The molecule has 4 heteroatoms. The molecule has 1 aromatic heterocycles. The van der Waals surface area contributed by atoms with Crippen LogP contribution in [0, 0.1) is 0 Å². The lowest BCUT2D eigenvalue weighted by Crippen LogP contribution is -1.95. The molecule has 1 rings (SSSR count). The topological polar surface area (TPSA) is 63.8 Å². The summed E-state index contributed by atoms with van der Waals surface area (Å²) in [4.78, 5) is 0. The van der Waals surface area contributed by atoms with E-state index in [1.54, 1.807) is 19.3 Å². The number of hydrogen-bond donors (Lipinski definition) is 2. The third kappa shape index (κ3) is 1.28. The maximum absolute atomic E-state index is 5.32. The standard InChI is InChI=1S/C5H8N4/c1-7-4-2-5(6)9-8-3-4/h2-3H,1H3,(H3,6,7,9). The van der Waals surface area contributed by atoms with Crippen LogP contribution in [0.5, 0.6) is 0 Å². The first-order valence-corrected chi connectivity index (χ1v) is 2.59. The predicted molar refractivity (Wildman–Crippen MR) is 36.0 cm³/mol. The predicted octanol–water partition coefficient (Wildman–Crippen LogP) is 0.100. The fraction of sp³-hybridized carbons (Fsp3) is 0.200. The molecule has 0 aliphatic rings. The van der Waals surface area contributed by atoms with E-state index in [9.17, 15) is 0 Å². The fourth-order valence-electron chi connectivity index (χ4n) is 0.520. The van der Waals surface area contributed by atoms with Crippen LogP contribution in [0.3, 0.4) is 0 Å². The monoisotopic (exact) mass is 124 g/mol. The highest BCUT2D eigenvalue weighted by atomic mass is 15.1. The lowest BCUT2D eigenvalue weighted by Gasteiger charge is -1.96. The normalized spacial score (nSPS) is 9.00. The average Bonchev–Trinajstić information content (AvgIpc) is 1.88. The number of nitrogens with two attached hydrogens (primary N) is 1. The van der Waals surface area contributed by atoms with Gasteiger partial charge in [0.1, 0.15) is 5.82 Å². The quantitative estimate of drug-likeness (QED) is 0.557. The Morgan fingerprint density at radius 3 is 2.89 bits per heavy atom. The third-order valence-corrected chi connectivity index (χ3v) is 0.962. The molecule has 4 nitrogen and oxygen atoms in total. The van der Waals surface area contributed by atoms with Gasteiger partial charge in [-0.05, 0) is 0 Å². The zero-order valence-corrected chi connectivity index (χ0v) is 5.13. The number of aromatic nitrogens is 2. The Hall–Kier alpha value is -1.32. The molecule has 1 aromatic rings. The lowest BCUT2D eigenvalue weighted by atomic mass is 10.4. The number of anilines is 2. The molecular formula is C5H8N4. The Balaban J connectivity index is 2.94. The molecule has 0 saturated heterocycles. The van der Waals surface area contributed by atoms with Crippen molar-refractivity contribution in [3.63, 3.8) is 0 Å². The van der Waals surface area contributed by atoms with Crippen LogP contribution in [-0.2, 0) is 0 Å². The Morgan fingerprint density at radius 2 is 2.44 bits per heavy atom. The van der Waals surface area contributed by atoms with Crippen LogP contribution in [0.4, 0.5) is 11.5 Å². The van der Waals surface area contributed by atoms with Gasteiger partial charge in [-0.25, -0.2) is 0 Å². The maximum atomic E-state index is 5.32. The highest BCUT2D eigenvalue weighted by Crippen LogP contribution is 2.04. The minimum Gasteiger partial charge on any atom is -0.387 e. The summed E-state index contributed by atoms with van der Waals surface area (Å²) in [6, 6.07) is 1.72. The third-order valence-electron chi connectivity index (χ3n) is 0.962. The van der Waals surface area contributed by atoms with Gasteiger partial charge >= 0.3 is 0 Å². The highest BCUT2D eigenvalue weighted by Gasteiger charge is 1.88. The van der Waals surface area contributed by atoms with Crippen molar-refractivity contribution in [1.82, 2.24) is 10.2 Å². The van der Waals surface area contributed by atoms with E-state index in [2.05, 4.69) is 15.5 Å². The molecule has 1 heterocycles. The molecule has 0 aliphatic carbocycles. The van der Waals surface area contributed by atoms with E-state index in [1.807, 2.05) is 0 Å². The summed E-state index contributed by atoms with van der Waals surface area (Å²) in [5, 5.41) is 10.1. The number of nitrogen functional groups attached to an aromatic ring is 1. The first-order valence-electron chi connectivity index (χ1n) is 2.59. The van der Waals surface area contributed by atoms with Crippen molar-refractivity contribution in [3.05, 3.63) is 12.3 Å². The minimum atomic E-state index is 0.432. The molecule has 3 N–H and O–H groups in total. The van der Waals surface area contributed by atoms with E-state index in [4.69, 9.17) is 5.73 Å². The summed E-state index contributed by atoms with van der Waals surface area (Å²) in [6.45, 7) is 0. The Morgan fingerprint density at radius 1 is 1.67 bits per heavy atom. The molecule has 0 saturated carbocycles. The summed E-state index contributed by atoms with van der Waals surface area (Å²) >= 11 is 0. The summed E-state index contributed by atoms with van der Waals surface area (Å²) in [5.41, 5.74) is 6.20. The molecule has 0 bridgehead atoms. The SMILES string of the molecule is CNc1cnnc(N)c1. The van der Waals surface area contributed by atoms with Crippen molar-refractivity contribution >= 4 is 11.5 Å². The van der Waals surface area contributed by atoms with Crippen molar-refractivity contribution in [2.45, 2.75) is 0 Å². The molecule has 0 amide bonds. The molecule has 0 unspecified atom stereocenters. The molecule has 0 radical (unpaired) electrons. The molecule has 48 valence electrons. The van der Waals surface area contributed by atoms with E-state index < -0.39 is 0 Å². The van der Waals surface area contributed by atoms with E-state index in [0.29, 0.717) is 5.82 Å². The Bertz CT molecular complexity index is 198. The van der Waals surface area contributed by atoms with Crippen LogP contribution >= 0.6 is 0 Å². The van der Waals surface area contributed by atoms with Gasteiger partial charge < -0.3 is 11.1 Å². The number of rotatable bonds is 1.